The molecular formula is C28H54O4. The van der Waals surface area contributed by atoms with Gasteiger partial charge in [-0.05, 0) is 12.8 Å². The molecule has 0 amide bonds. The van der Waals surface area contributed by atoms with Crippen LogP contribution in [0.3, 0.4) is 0 Å². The minimum absolute atomic E-state index is 0.113. The van der Waals surface area contributed by atoms with E-state index in [1.165, 1.54) is 103 Å². The minimum Gasteiger partial charge on any atom is -0.379 e. The molecule has 1 rings (SSSR count). The summed E-state index contributed by atoms with van der Waals surface area (Å²) in [5.74, 6) is 0. The molecule has 0 aromatic rings. The molecule has 2 unspecified atom stereocenters. The van der Waals surface area contributed by atoms with Crippen LogP contribution in [-0.2, 0) is 19.3 Å². The average molecular weight is 455 g/mol. The summed E-state index contributed by atoms with van der Waals surface area (Å²) in [5, 5.41) is 11.5. The highest BCUT2D eigenvalue weighted by atomic mass is 16.5. The molecule has 1 heterocycles. The standard InChI is InChI=1S/C28H54O4/c1-2-3-4-5-6-7-8-9-10-11-12-13-14-15-16-17-18-19-22-32-28-21-24-30-25-27(29)20-23-31-26-28/h27-28H,1-26H2. The summed E-state index contributed by atoms with van der Waals surface area (Å²) in [4.78, 5) is 0. The van der Waals surface area contributed by atoms with E-state index < -0.39 is 6.10 Å². The predicted octanol–water partition coefficient (Wildman–Crippen LogP) is 7.85. The summed E-state index contributed by atoms with van der Waals surface area (Å²) in [5.41, 5.74) is 0. The van der Waals surface area contributed by atoms with Crippen molar-refractivity contribution in [2.45, 2.75) is 141 Å². The Morgan fingerprint density at radius 2 is 1.03 bits per heavy atom. The van der Waals surface area contributed by atoms with Crippen LogP contribution in [0.4, 0.5) is 0 Å². The van der Waals surface area contributed by atoms with Gasteiger partial charge in [0.15, 0.2) is 0 Å². The third-order valence-electron chi connectivity index (χ3n) is 6.52. The molecule has 0 aromatic carbocycles. The Labute approximate surface area is 200 Å². The lowest BCUT2D eigenvalue weighted by Gasteiger charge is -2.20. The van der Waals surface area contributed by atoms with Crippen LogP contribution in [0.2, 0.25) is 0 Å². The van der Waals surface area contributed by atoms with Gasteiger partial charge < -0.3 is 14.2 Å². The normalized spacial score (nSPS) is 20.4. The Kier molecular flexibility index (Phi) is 22.4. The molecule has 1 fully saturated rings. The van der Waals surface area contributed by atoms with Crippen molar-refractivity contribution in [1.82, 2.24) is 0 Å². The maximum absolute atomic E-state index is 11.5. The van der Waals surface area contributed by atoms with Crippen molar-refractivity contribution in [2.24, 2.45) is 0 Å². The van der Waals surface area contributed by atoms with Gasteiger partial charge in [0.05, 0.1) is 19.3 Å². The Bertz CT molecular complexity index is 351. The predicted molar refractivity (Wildman–Crippen MR) is 134 cm³/mol. The second-order valence-electron chi connectivity index (χ2n) is 9.71. The van der Waals surface area contributed by atoms with E-state index in [1.54, 1.807) is 0 Å². The maximum atomic E-state index is 11.5. The van der Waals surface area contributed by atoms with E-state index in [4.69, 9.17) is 14.2 Å². The fraction of sp³-hybridized carbons (Fsp3) is 0.964. The van der Waals surface area contributed by atoms with E-state index in [0.717, 1.165) is 25.9 Å². The van der Waals surface area contributed by atoms with E-state index in [0.29, 0.717) is 32.8 Å². The van der Waals surface area contributed by atoms with Gasteiger partial charge in [-0.2, -0.15) is 0 Å². The second kappa shape index (κ2) is 24.0. The Morgan fingerprint density at radius 1 is 0.594 bits per heavy atom. The highest BCUT2D eigenvalue weighted by Gasteiger charge is 2.14. The zero-order valence-electron chi connectivity index (χ0n) is 21.2. The van der Waals surface area contributed by atoms with Gasteiger partial charge in [0.1, 0.15) is 6.10 Å². The highest BCUT2D eigenvalue weighted by Crippen LogP contribution is 2.14. The van der Waals surface area contributed by atoms with Gasteiger partial charge in [0, 0.05) is 26.2 Å². The molecule has 0 saturated carbocycles. The number of hydrogen-bond donors (Lipinski definition) is 0. The van der Waals surface area contributed by atoms with E-state index in [-0.39, 0.29) is 6.10 Å². The van der Waals surface area contributed by atoms with E-state index >= 15 is 0 Å². The molecule has 2 radical (unpaired) electrons. The molecule has 1 saturated heterocycles. The quantitative estimate of drug-likeness (QED) is 0.176. The van der Waals surface area contributed by atoms with E-state index in [2.05, 4.69) is 6.92 Å². The van der Waals surface area contributed by atoms with Crippen molar-refractivity contribution in [2.75, 3.05) is 33.0 Å². The van der Waals surface area contributed by atoms with E-state index in [1.807, 2.05) is 0 Å². The maximum Gasteiger partial charge on any atom is 0.118 e. The second-order valence-corrected chi connectivity index (χ2v) is 9.71. The number of ether oxygens (including phenoxy) is 3. The lowest BCUT2D eigenvalue weighted by molar-refractivity contribution is -0.0738. The molecular weight excluding hydrogens is 400 g/mol. The fourth-order valence-electron chi connectivity index (χ4n) is 4.34. The lowest BCUT2D eigenvalue weighted by atomic mass is 10.0. The average Bonchev–Trinajstić information content (AvgIpc) is 2.80. The largest absolute Gasteiger partial charge is 0.379 e. The number of unbranched alkanes of at least 4 members (excludes halogenated alkanes) is 17. The van der Waals surface area contributed by atoms with Crippen LogP contribution < -0.4 is 0 Å². The van der Waals surface area contributed by atoms with Crippen molar-refractivity contribution in [3.8, 4) is 0 Å². The van der Waals surface area contributed by atoms with Gasteiger partial charge in [-0.1, -0.05) is 116 Å². The first-order chi connectivity index (χ1) is 15.8. The zero-order valence-corrected chi connectivity index (χ0v) is 21.2. The molecule has 1 aliphatic heterocycles. The monoisotopic (exact) mass is 454 g/mol. The van der Waals surface area contributed by atoms with Gasteiger partial charge >= 0.3 is 0 Å². The van der Waals surface area contributed by atoms with E-state index in [9.17, 15) is 5.11 Å². The highest BCUT2D eigenvalue weighted by molar-refractivity contribution is 4.61. The molecule has 32 heavy (non-hydrogen) atoms. The summed E-state index contributed by atoms with van der Waals surface area (Å²) in [6.45, 7) is 6.74. The number of hydrogen-bond acceptors (Lipinski definition) is 3. The van der Waals surface area contributed by atoms with Crippen LogP contribution in [0.25, 0.3) is 0 Å². The van der Waals surface area contributed by atoms with Gasteiger partial charge in [0.2, 0.25) is 0 Å². The molecule has 1 aliphatic rings. The van der Waals surface area contributed by atoms with Crippen LogP contribution >= 0.6 is 0 Å². The Morgan fingerprint density at radius 3 is 1.56 bits per heavy atom. The van der Waals surface area contributed by atoms with Gasteiger partial charge in [0.25, 0.3) is 0 Å². The van der Waals surface area contributed by atoms with Crippen molar-refractivity contribution < 1.29 is 19.3 Å². The van der Waals surface area contributed by atoms with Crippen molar-refractivity contribution in [3.63, 3.8) is 0 Å². The minimum atomic E-state index is -0.647. The molecule has 0 aliphatic carbocycles. The van der Waals surface area contributed by atoms with Crippen LogP contribution in [0, 0.1) is 6.92 Å². The SMILES string of the molecule is [CH2]CCCCCCCCCCCCCCCCCCCOC1CCOCC([O])CCOC1. The molecule has 0 N–H and O–H groups in total. The summed E-state index contributed by atoms with van der Waals surface area (Å²) in [6.07, 6.45) is 25.4. The zero-order chi connectivity index (χ0) is 23.0. The Balaban J connectivity index is 1.76. The van der Waals surface area contributed by atoms with Crippen LogP contribution in [0.1, 0.15) is 128 Å². The summed E-state index contributed by atoms with van der Waals surface area (Å²) < 4.78 is 17.0. The smallest absolute Gasteiger partial charge is 0.118 e. The first kappa shape index (κ1) is 29.9. The molecule has 0 aromatic heterocycles. The molecule has 4 nitrogen and oxygen atoms in total. The first-order valence-electron chi connectivity index (χ1n) is 14.0. The third kappa shape index (κ3) is 20.4. The number of rotatable bonds is 20. The van der Waals surface area contributed by atoms with Gasteiger partial charge in [-0.15, -0.1) is 0 Å². The van der Waals surface area contributed by atoms with Gasteiger partial charge in [-0.3, -0.25) is 0 Å². The summed E-state index contributed by atoms with van der Waals surface area (Å²) in [6, 6.07) is 0. The fourth-order valence-corrected chi connectivity index (χ4v) is 4.34. The first-order valence-corrected chi connectivity index (χ1v) is 14.0. The lowest BCUT2D eigenvalue weighted by Crippen LogP contribution is -2.27. The van der Waals surface area contributed by atoms with Crippen LogP contribution in [-0.4, -0.2) is 45.2 Å². The molecule has 2 atom stereocenters. The summed E-state index contributed by atoms with van der Waals surface area (Å²) >= 11 is 0. The van der Waals surface area contributed by atoms with Crippen molar-refractivity contribution in [1.29, 1.82) is 0 Å². The third-order valence-corrected chi connectivity index (χ3v) is 6.52. The summed E-state index contributed by atoms with van der Waals surface area (Å²) in [7, 11) is 0. The molecule has 190 valence electrons. The van der Waals surface area contributed by atoms with Gasteiger partial charge in [-0.25, -0.2) is 5.11 Å². The molecule has 0 spiro atoms. The van der Waals surface area contributed by atoms with Crippen LogP contribution in [0.15, 0.2) is 0 Å². The Hall–Kier alpha value is -0.160. The van der Waals surface area contributed by atoms with Crippen molar-refractivity contribution >= 4 is 0 Å². The van der Waals surface area contributed by atoms with Crippen LogP contribution in [0.5, 0.6) is 0 Å². The van der Waals surface area contributed by atoms with Crippen molar-refractivity contribution in [3.05, 3.63) is 6.92 Å². The molecule has 4 heteroatoms. The molecule has 0 bridgehead atoms. The topological polar surface area (TPSA) is 47.6 Å².